The Bertz CT molecular complexity index is 1540. The first-order valence-electron chi connectivity index (χ1n) is 13.0. The van der Waals surface area contributed by atoms with E-state index >= 15 is 0 Å². The Balaban J connectivity index is 1.42. The van der Waals surface area contributed by atoms with Crippen molar-refractivity contribution in [3.63, 3.8) is 0 Å². The number of amides is 1. The maximum Gasteiger partial charge on any atom is 0.234 e. The first kappa shape index (κ1) is 27.5. The van der Waals surface area contributed by atoms with Gasteiger partial charge in [-0.3, -0.25) is 9.80 Å². The fourth-order valence-electron chi connectivity index (χ4n) is 4.74. The summed E-state index contributed by atoms with van der Waals surface area (Å²) >= 11 is 1.33. The van der Waals surface area contributed by atoms with E-state index in [9.17, 15) is 4.79 Å². The lowest BCUT2D eigenvalue weighted by atomic mass is 9.97. The third kappa shape index (κ3) is 6.05. The Morgan fingerprint density at radius 2 is 1.75 bits per heavy atom. The van der Waals surface area contributed by atoms with Gasteiger partial charge in [0, 0.05) is 23.1 Å². The van der Waals surface area contributed by atoms with Crippen molar-refractivity contribution < 1.29 is 14.3 Å². The number of carbonyl (C=O) groups excluding carboxylic acids is 1. The van der Waals surface area contributed by atoms with Crippen molar-refractivity contribution in [3.05, 3.63) is 95.1 Å². The molecule has 1 aliphatic rings. The number of ether oxygens (including phenoxy) is 2. The van der Waals surface area contributed by atoms with Crippen LogP contribution in [0.4, 0.5) is 5.69 Å². The van der Waals surface area contributed by atoms with E-state index in [1.54, 1.807) is 14.2 Å². The number of nitrogens with zero attached hydrogens (tertiary/aromatic N) is 3. The van der Waals surface area contributed by atoms with E-state index in [2.05, 4.69) is 24.4 Å². The summed E-state index contributed by atoms with van der Waals surface area (Å²) in [7, 11) is 3.27. The van der Waals surface area contributed by atoms with Crippen molar-refractivity contribution in [1.29, 1.82) is 0 Å². The van der Waals surface area contributed by atoms with Gasteiger partial charge in [0.1, 0.15) is 11.2 Å². The Labute approximate surface area is 238 Å². The van der Waals surface area contributed by atoms with Gasteiger partial charge in [0.25, 0.3) is 0 Å². The van der Waals surface area contributed by atoms with Crippen LogP contribution >= 0.6 is 11.8 Å². The minimum Gasteiger partial charge on any atom is -0.497 e. The molecule has 0 saturated heterocycles. The maximum atomic E-state index is 12.7. The number of anilines is 1. The molecule has 0 spiro atoms. The molecular weight excluding hydrogens is 522 g/mol. The van der Waals surface area contributed by atoms with Crippen molar-refractivity contribution in [3.8, 4) is 11.6 Å². The van der Waals surface area contributed by atoms with Crippen LogP contribution in [0.5, 0.6) is 11.6 Å². The molecule has 1 aliphatic heterocycles. The first-order valence-corrected chi connectivity index (χ1v) is 14.1. The van der Waals surface area contributed by atoms with Gasteiger partial charge in [0.15, 0.2) is 0 Å². The van der Waals surface area contributed by atoms with E-state index in [-0.39, 0.29) is 17.7 Å². The number of nitrogens with one attached hydrogen (secondary N) is 1. The number of hydrogen-bond donors (Lipinski definition) is 2. The predicted molar refractivity (Wildman–Crippen MR) is 162 cm³/mol. The maximum absolute atomic E-state index is 12.7. The van der Waals surface area contributed by atoms with Crippen LogP contribution in [-0.4, -0.2) is 47.1 Å². The molecule has 4 aromatic rings. The van der Waals surface area contributed by atoms with Crippen LogP contribution < -0.4 is 20.5 Å². The van der Waals surface area contributed by atoms with Crippen molar-refractivity contribution >= 4 is 40.0 Å². The molecule has 5 rings (SSSR count). The number of fused-ring (bicyclic) bond motifs is 1. The number of methoxy groups -OCH3 is 2. The quantitative estimate of drug-likeness (QED) is 0.258. The van der Waals surface area contributed by atoms with Crippen molar-refractivity contribution in [1.82, 2.24) is 9.99 Å². The van der Waals surface area contributed by atoms with E-state index in [1.807, 2.05) is 72.6 Å². The second-order valence-electron chi connectivity index (χ2n) is 9.77. The number of aromatic nitrogens is 1. The summed E-state index contributed by atoms with van der Waals surface area (Å²) in [6, 6.07) is 23.5. The van der Waals surface area contributed by atoms with Crippen LogP contribution in [0.3, 0.4) is 0 Å². The van der Waals surface area contributed by atoms with Gasteiger partial charge in [0.05, 0.1) is 37.2 Å². The topological polar surface area (TPSA) is 102 Å². The average Bonchev–Trinajstić information content (AvgIpc) is 3.42. The van der Waals surface area contributed by atoms with Crippen molar-refractivity contribution in [2.75, 3.05) is 25.3 Å². The van der Waals surface area contributed by atoms with Crippen LogP contribution in [0.25, 0.3) is 10.9 Å². The molecule has 0 aliphatic carbocycles. The number of aryl methyl sites for hydroxylation is 2. The number of hydrazone groups is 1. The molecular formula is C31H33N5O3S. The van der Waals surface area contributed by atoms with Crippen molar-refractivity contribution in [2.24, 2.45) is 10.8 Å². The zero-order chi connectivity index (χ0) is 28.2. The second kappa shape index (κ2) is 12.0. The molecule has 2 atom stereocenters. The van der Waals surface area contributed by atoms with E-state index < -0.39 is 5.50 Å². The number of hydrogen-bond acceptors (Lipinski definition) is 8. The second-order valence-corrected chi connectivity index (χ2v) is 10.9. The van der Waals surface area contributed by atoms with Crippen LogP contribution in [0.2, 0.25) is 0 Å². The zero-order valence-electron chi connectivity index (χ0n) is 23.0. The summed E-state index contributed by atoms with van der Waals surface area (Å²) in [6.07, 6.45) is 0.603. The highest BCUT2D eigenvalue weighted by molar-refractivity contribution is 8.00. The minimum absolute atomic E-state index is 0.125. The first-order chi connectivity index (χ1) is 19.3. The van der Waals surface area contributed by atoms with Gasteiger partial charge in [0.2, 0.25) is 11.8 Å². The van der Waals surface area contributed by atoms with E-state index in [0.29, 0.717) is 12.3 Å². The van der Waals surface area contributed by atoms with Gasteiger partial charge in [-0.2, -0.15) is 5.10 Å². The molecule has 0 bridgehead atoms. The van der Waals surface area contributed by atoms with Gasteiger partial charge in [-0.1, -0.05) is 29.3 Å². The number of thioether (sulfide) groups is 1. The molecule has 2 heterocycles. The third-order valence-corrected chi connectivity index (χ3v) is 7.85. The third-order valence-electron chi connectivity index (χ3n) is 6.86. The largest absolute Gasteiger partial charge is 0.497 e. The van der Waals surface area contributed by atoms with Gasteiger partial charge in [-0.15, -0.1) is 11.8 Å². The molecule has 0 saturated carbocycles. The summed E-state index contributed by atoms with van der Waals surface area (Å²) in [5, 5.41) is 10.8. The fourth-order valence-corrected chi connectivity index (χ4v) is 5.48. The summed E-state index contributed by atoms with van der Waals surface area (Å²) in [5.74, 6) is 1.36. The van der Waals surface area contributed by atoms with Crippen LogP contribution in [0, 0.1) is 13.8 Å². The number of rotatable bonds is 9. The van der Waals surface area contributed by atoms with Crippen LogP contribution in [0.15, 0.2) is 77.9 Å². The molecule has 3 aromatic carbocycles. The van der Waals surface area contributed by atoms with Gasteiger partial charge < -0.3 is 20.5 Å². The van der Waals surface area contributed by atoms with Gasteiger partial charge >= 0.3 is 0 Å². The summed E-state index contributed by atoms with van der Waals surface area (Å²) in [6.45, 7) is 4.07. The van der Waals surface area contributed by atoms with E-state index in [1.165, 1.54) is 11.8 Å². The van der Waals surface area contributed by atoms with E-state index in [4.69, 9.17) is 25.3 Å². The monoisotopic (exact) mass is 555 g/mol. The molecule has 1 aromatic heterocycles. The van der Waals surface area contributed by atoms with Gasteiger partial charge in [-0.25, -0.2) is 4.98 Å². The number of nitrogens with two attached hydrogens (primary N) is 1. The molecule has 1 amide bonds. The Morgan fingerprint density at radius 3 is 2.45 bits per heavy atom. The standard InChI is InChI=1S/C31H33N5O3S/c1-19-5-10-23(11-6-19)33-29(37)18-40-31(32)36-28(17-27(35-36)21-8-12-24(38-3)13-9-21)25-16-22-15-20(2)7-14-26(22)34-30(25)39-4/h5-16,28,31H,17-18,32H2,1-4H3,(H,33,37). The molecule has 0 radical (unpaired) electrons. The Morgan fingerprint density at radius 1 is 1.02 bits per heavy atom. The average molecular weight is 556 g/mol. The Hall–Kier alpha value is -4.08. The summed E-state index contributed by atoms with van der Waals surface area (Å²) in [5.41, 5.74) is 12.8. The van der Waals surface area contributed by atoms with Gasteiger partial charge in [-0.05, 0) is 74.0 Å². The normalized spacial score (nSPS) is 15.6. The van der Waals surface area contributed by atoms with E-state index in [0.717, 1.165) is 50.3 Å². The smallest absolute Gasteiger partial charge is 0.234 e. The number of carbonyl (C=O) groups is 1. The summed E-state index contributed by atoms with van der Waals surface area (Å²) in [4.78, 5) is 17.5. The molecule has 206 valence electrons. The Kier molecular flexibility index (Phi) is 8.23. The highest BCUT2D eigenvalue weighted by atomic mass is 32.2. The molecule has 3 N–H and O–H groups in total. The highest BCUT2D eigenvalue weighted by Crippen LogP contribution is 2.40. The SMILES string of the molecule is COc1ccc(C2=NN(C(N)SCC(=O)Nc3ccc(C)cc3)C(c3cc4cc(C)ccc4nc3OC)C2)cc1. The lowest BCUT2D eigenvalue weighted by Gasteiger charge is -2.29. The molecule has 0 fully saturated rings. The van der Waals surface area contributed by atoms with Crippen LogP contribution in [-0.2, 0) is 4.79 Å². The lowest BCUT2D eigenvalue weighted by molar-refractivity contribution is -0.113. The predicted octanol–water partition coefficient (Wildman–Crippen LogP) is 5.63. The molecule has 8 nitrogen and oxygen atoms in total. The zero-order valence-corrected chi connectivity index (χ0v) is 23.9. The fraction of sp³-hybridized carbons (Fsp3) is 0.258. The summed E-state index contributed by atoms with van der Waals surface area (Å²) < 4.78 is 11.1. The molecule has 40 heavy (non-hydrogen) atoms. The molecule has 2 unspecified atom stereocenters. The molecule has 9 heteroatoms. The number of benzene rings is 3. The minimum atomic E-state index is -0.581. The van der Waals surface area contributed by atoms with Crippen molar-refractivity contribution in [2.45, 2.75) is 31.8 Å². The lowest BCUT2D eigenvalue weighted by Crippen LogP contribution is -2.37. The number of pyridine rings is 1. The highest BCUT2D eigenvalue weighted by Gasteiger charge is 2.35. The van der Waals surface area contributed by atoms with Crippen LogP contribution in [0.1, 0.15) is 34.7 Å².